The van der Waals surface area contributed by atoms with Crippen molar-refractivity contribution in [2.45, 2.75) is 13.3 Å². The van der Waals surface area contributed by atoms with Gasteiger partial charge in [-0.3, -0.25) is 0 Å². The fraction of sp³-hybridized carbons (Fsp3) is 0.0870. The van der Waals surface area contributed by atoms with Crippen molar-refractivity contribution in [1.29, 1.82) is 0 Å². The molecule has 0 bridgehead atoms. The summed E-state index contributed by atoms with van der Waals surface area (Å²) >= 11 is 0. The average Bonchev–Trinajstić information content (AvgIpc) is 2.70. The molecule has 0 aliphatic carbocycles. The average molecular weight is 373 g/mol. The number of carboxylic acid groups (broad SMARTS) is 1. The van der Waals surface area contributed by atoms with Crippen LogP contribution in [0.5, 0.6) is 0 Å². The normalized spacial score (nSPS) is 11.8. The van der Waals surface area contributed by atoms with E-state index in [-0.39, 0.29) is 0 Å². The fourth-order valence-corrected chi connectivity index (χ4v) is 3.12. The number of benzene rings is 3. The van der Waals surface area contributed by atoms with Gasteiger partial charge in [0.1, 0.15) is 0 Å². The monoisotopic (exact) mass is 373 g/mol. The first-order chi connectivity index (χ1) is 13.5. The van der Waals surface area contributed by atoms with Crippen molar-refractivity contribution in [3.63, 3.8) is 0 Å². The highest BCUT2D eigenvalue weighted by Gasteiger charge is 2.12. The molecule has 0 spiro atoms. The summed E-state index contributed by atoms with van der Waals surface area (Å²) in [6.45, 7) is 5.15. The number of carbonyl (C=O) groups is 2. The van der Waals surface area contributed by atoms with Crippen LogP contribution >= 0.6 is 0 Å². The topological polar surface area (TPSA) is 76.0 Å². The number of rotatable bonds is 6. The Morgan fingerprint density at radius 3 is 2.61 bits per heavy atom. The third kappa shape index (κ3) is 3.83. The van der Waals surface area contributed by atoms with Crippen molar-refractivity contribution in [2.75, 3.05) is 0 Å². The minimum Gasteiger partial charge on any atom is -0.478 e. The predicted molar refractivity (Wildman–Crippen MR) is 111 cm³/mol. The van der Waals surface area contributed by atoms with Gasteiger partial charge in [-0.05, 0) is 45.7 Å². The van der Waals surface area contributed by atoms with Crippen molar-refractivity contribution in [1.82, 2.24) is 0 Å². The minimum atomic E-state index is -0.949. The van der Waals surface area contributed by atoms with Gasteiger partial charge in [0.25, 0.3) is 0 Å². The first-order valence-corrected chi connectivity index (χ1v) is 8.80. The van der Waals surface area contributed by atoms with Crippen LogP contribution in [0, 0.1) is 0 Å². The lowest BCUT2D eigenvalue weighted by Crippen LogP contribution is -2.00. The number of hydrogen-bond donors (Lipinski definition) is 1. The second kappa shape index (κ2) is 8.31. The zero-order valence-corrected chi connectivity index (χ0v) is 15.4. The molecule has 0 aliphatic heterocycles. The number of oxime groups is 1. The van der Waals surface area contributed by atoms with Crippen LogP contribution in [0.3, 0.4) is 0 Å². The van der Waals surface area contributed by atoms with Crippen LogP contribution < -0.4 is 0 Å². The summed E-state index contributed by atoms with van der Waals surface area (Å²) in [5.41, 5.74) is 1.82. The molecule has 0 amide bonds. The molecule has 0 unspecified atom stereocenters. The molecule has 3 rings (SSSR count). The van der Waals surface area contributed by atoms with Crippen molar-refractivity contribution in [3.05, 3.63) is 77.9 Å². The summed E-state index contributed by atoms with van der Waals surface area (Å²) in [5, 5.41) is 16.9. The molecule has 0 saturated heterocycles. The SMILES string of the molecule is C=CC(=O)ON=Cc1c2ccccc2cc2cccc(C=C(CC)C(=O)O)c12. The summed E-state index contributed by atoms with van der Waals surface area (Å²) in [5.74, 6) is -1.60. The highest BCUT2D eigenvalue weighted by molar-refractivity contribution is 6.16. The molecule has 5 heteroatoms. The smallest absolute Gasteiger partial charge is 0.357 e. The summed E-state index contributed by atoms with van der Waals surface area (Å²) in [7, 11) is 0. The van der Waals surface area contributed by atoms with E-state index in [9.17, 15) is 14.7 Å². The molecular formula is C23H19NO4. The third-order valence-corrected chi connectivity index (χ3v) is 4.44. The lowest BCUT2D eigenvalue weighted by molar-refractivity contribution is -0.137. The number of hydrogen-bond acceptors (Lipinski definition) is 4. The third-order valence-electron chi connectivity index (χ3n) is 4.44. The first kappa shape index (κ1) is 19.0. The van der Waals surface area contributed by atoms with Crippen LogP contribution in [-0.2, 0) is 14.4 Å². The second-order valence-electron chi connectivity index (χ2n) is 6.13. The van der Waals surface area contributed by atoms with Gasteiger partial charge in [-0.15, -0.1) is 0 Å². The Morgan fingerprint density at radius 2 is 1.89 bits per heavy atom. The molecule has 0 aliphatic rings. The summed E-state index contributed by atoms with van der Waals surface area (Å²) < 4.78 is 0. The van der Waals surface area contributed by atoms with Gasteiger partial charge >= 0.3 is 11.9 Å². The quantitative estimate of drug-likeness (QED) is 0.218. The maximum atomic E-state index is 11.5. The number of carboxylic acids is 1. The molecular weight excluding hydrogens is 354 g/mol. The van der Waals surface area contributed by atoms with Crippen molar-refractivity contribution in [2.24, 2.45) is 5.16 Å². The molecule has 0 radical (unpaired) electrons. The lowest BCUT2D eigenvalue weighted by atomic mass is 9.93. The van der Waals surface area contributed by atoms with E-state index in [4.69, 9.17) is 4.84 Å². The van der Waals surface area contributed by atoms with Gasteiger partial charge < -0.3 is 9.94 Å². The van der Waals surface area contributed by atoms with Crippen LogP contribution in [0.15, 0.2) is 71.9 Å². The Hall–Kier alpha value is -3.73. The van der Waals surface area contributed by atoms with E-state index in [1.165, 1.54) is 6.21 Å². The van der Waals surface area contributed by atoms with E-state index < -0.39 is 11.9 Å². The Morgan fingerprint density at radius 1 is 1.14 bits per heavy atom. The van der Waals surface area contributed by atoms with Gasteiger partial charge in [0, 0.05) is 17.2 Å². The number of carbonyl (C=O) groups excluding carboxylic acids is 1. The molecule has 0 heterocycles. The van der Waals surface area contributed by atoms with Crippen LogP contribution in [0.1, 0.15) is 24.5 Å². The molecule has 3 aromatic carbocycles. The Labute approximate surface area is 162 Å². The second-order valence-corrected chi connectivity index (χ2v) is 6.13. The highest BCUT2D eigenvalue weighted by atomic mass is 16.7. The van der Waals surface area contributed by atoms with Crippen molar-refractivity contribution in [3.8, 4) is 0 Å². The molecule has 5 nitrogen and oxygen atoms in total. The molecule has 140 valence electrons. The Kier molecular flexibility index (Phi) is 5.65. The number of fused-ring (bicyclic) bond motifs is 2. The van der Waals surface area contributed by atoms with E-state index >= 15 is 0 Å². The summed E-state index contributed by atoms with van der Waals surface area (Å²) in [4.78, 5) is 27.6. The van der Waals surface area contributed by atoms with E-state index in [2.05, 4.69) is 11.7 Å². The standard InChI is InChI=1S/C23H19NO4/c1-3-15(23(26)27)12-17-9-7-10-18-13-16-8-5-6-11-19(16)20(22(17)18)14-24-28-21(25)4-2/h4-14H,2-3H2,1H3,(H,26,27). The van der Waals surface area contributed by atoms with Crippen LogP contribution in [-0.4, -0.2) is 23.3 Å². The molecule has 0 atom stereocenters. The van der Waals surface area contributed by atoms with Gasteiger partial charge in [-0.25, -0.2) is 9.59 Å². The molecule has 0 aromatic heterocycles. The van der Waals surface area contributed by atoms with Crippen molar-refractivity contribution >= 4 is 45.8 Å². The largest absolute Gasteiger partial charge is 0.478 e. The highest BCUT2D eigenvalue weighted by Crippen LogP contribution is 2.31. The van der Waals surface area contributed by atoms with Gasteiger partial charge in [-0.1, -0.05) is 61.1 Å². The molecule has 3 aromatic rings. The van der Waals surface area contributed by atoms with E-state index in [1.54, 1.807) is 13.0 Å². The summed E-state index contributed by atoms with van der Waals surface area (Å²) in [6, 6.07) is 15.5. The van der Waals surface area contributed by atoms with Gasteiger partial charge in [-0.2, -0.15) is 0 Å². The van der Waals surface area contributed by atoms with Crippen LogP contribution in [0.2, 0.25) is 0 Å². The fourth-order valence-electron chi connectivity index (χ4n) is 3.12. The molecule has 1 N–H and O–H groups in total. The molecule has 0 fully saturated rings. The zero-order valence-electron chi connectivity index (χ0n) is 15.4. The van der Waals surface area contributed by atoms with Gasteiger partial charge in [0.2, 0.25) is 0 Å². The van der Waals surface area contributed by atoms with Crippen LogP contribution in [0.4, 0.5) is 0 Å². The predicted octanol–water partition coefficient (Wildman–Crippen LogP) is 4.93. The number of nitrogens with zero attached hydrogens (tertiary/aromatic N) is 1. The van der Waals surface area contributed by atoms with Crippen LogP contribution in [0.25, 0.3) is 27.6 Å². The van der Waals surface area contributed by atoms with Gasteiger partial charge in [0.15, 0.2) is 0 Å². The maximum Gasteiger partial charge on any atom is 0.357 e. The maximum absolute atomic E-state index is 11.5. The summed E-state index contributed by atoms with van der Waals surface area (Å²) in [6.07, 6.45) is 4.59. The molecule has 28 heavy (non-hydrogen) atoms. The van der Waals surface area contributed by atoms with Crippen molar-refractivity contribution < 1.29 is 19.5 Å². The van der Waals surface area contributed by atoms with E-state index in [1.807, 2.05) is 48.5 Å². The van der Waals surface area contributed by atoms with Gasteiger partial charge in [0.05, 0.1) is 6.21 Å². The minimum absolute atomic E-state index is 0.307. The Bertz CT molecular complexity index is 1140. The Balaban J connectivity index is 2.32. The lowest BCUT2D eigenvalue weighted by Gasteiger charge is -2.11. The number of aliphatic carboxylic acids is 1. The van der Waals surface area contributed by atoms with E-state index in [0.717, 1.165) is 38.7 Å². The molecule has 0 saturated carbocycles. The zero-order chi connectivity index (χ0) is 20.1. The first-order valence-electron chi connectivity index (χ1n) is 8.80. The van der Waals surface area contributed by atoms with E-state index in [0.29, 0.717) is 12.0 Å².